The molecule has 0 aromatic heterocycles. The van der Waals surface area contributed by atoms with Gasteiger partial charge in [0.05, 0.1) is 0 Å². The van der Waals surface area contributed by atoms with Crippen molar-refractivity contribution < 1.29 is 4.79 Å². The van der Waals surface area contributed by atoms with Crippen LogP contribution in [0.15, 0.2) is 41.4 Å². The smallest absolute Gasteiger partial charge is 0.267 e. The molecule has 2 heteroatoms. The molecule has 1 rings (SSSR count). The zero-order valence-corrected chi connectivity index (χ0v) is 5.45. The van der Waals surface area contributed by atoms with Crippen LogP contribution in [-0.2, 0) is 4.79 Å². The van der Waals surface area contributed by atoms with Crippen LogP contribution in [0.5, 0.6) is 0 Å². The summed E-state index contributed by atoms with van der Waals surface area (Å²) in [7, 11) is 0. The van der Waals surface area contributed by atoms with Crippen molar-refractivity contribution in [2.45, 2.75) is 0 Å². The maximum Gasteiger partial charge on any atom is 0.276 e. The zero-order chi connectivity index (χ0) is 7.40. The highest BCUT2D eigenvalue weighted by Crippen LogP contribution is 2.03. The number of aliphatic imine (C=N–C) groups is 1. The van der Waals surface area contributed by atoms with Crippen LogP contribution in [0.3, 0.4) is 0 Å². The van der Waals surface area contributed by atoms with Crippen molar-refractivity contribution >= 4 is 12.1 Å². The Hall–Kier alpha value is -1.44. The van der Waals surface area contributed by atoms with Gasteiger partial charge < -0.3 is 0 Å². The van der Waals surface area contributed by atoms with E-state index in [1.54, 1.807) is 24.3 Å². The number of carbonyl (C=O) groups is 1. The van der Waals surface area contributed by atoms with E-state index < -0.39 is 0 Å². The van der Waals surface area contributed by atoms with Crippen molar-refractivity contribution in [2.24, 2.45) is 4.99 Å². The third-order valence-electron chi connectivity index (χ3n) is 1.10. The van der Waals surface area contributed by atoms with Gasteiger partial charge in [0.1, 0.15) is 0 Å². The second kappa shape index (κ2) is 2.92. The van der Waals surface area contributed by atoms with Crippen LogP contribution in [0.2, 0.25) is 0 Å². The molecular weight excluding hydrogens is 126 g/mol. The highest BCUT2D eigenvalue weighted by atomic mass is 16.1. The molecule has 1 aliphatic rings. The van der Waals surface area contributed by atoms with Crippen molar-refractivity contribution in [3.8, 4) is 0 Å². The molecule has 1 amide bonds. The van der Waals surface area contributed by atoms with Crippen molar-refractivity contribution in [1.29, 1.82) is 0 Å². The van der Waals surface area contributed by atoms with Gasteiger partial charge in [-0.3, -0.25) is 4.79 Å². The first-order chi connectivity index (χ1) is 4.84. The van der Waals surface area contributed by atoms with Gasteiger partial charge in [-0.05, 0) is 18.2 Å². The third kappa shape index (κ3) is 1.29. The van der Waals surface area contributed by atoms with E-state index in [0.29, 0.717) is 5.57 Å². The summed E-state index contributed by atoms with van der Waals surface area (Å²) in [5, 5.41) is 0. The quantitative estimate of drug-likeness (QED) is 0.495. The summed E-state index contributed by atoms with van der Waals surface area (Å²) < 4.78 is 0. The summed E-state index contributed by atoms with van der Waals surface area (Å²) in [4.78, 5) is 14.4. The Balaban J connectivity index is 2.90. The number of dihydropyridines is 1. The number of amides is 1. The maximum atomic E-state index is 10.8. The van der Waals surface area contributed by atoms with Gasteiger partial charge in [0.2, 0.25) is 0 Å². The van der Waals surface area contributed by atoms with Crippen LogP contribution in [0.1, 0.15) is 0 Å². The van der Waals surface area contributed by atoms with Gasteiger partial charge in [-0.2, -0.15) is 0 Å². The zero-order valence-electron chi connectivity index (χ0n) is 5.45. The van der Waals surface area contributed by atoms with Gasteiger partial charge in [-0.1, -0.05) is 12.7 Å². The molecule has 1 heterocycles. The van der Waals surface area contributed by atoms with Crippen molar-refractivity contribution in [3.63, 3.8) is 0 Å². The van der Waals surface area contributed by atoms with E-state index in [4.69, 9.17) is 0 Å². The maximum absolute atomic E-state index is 10.8. The fourth-order valence-corrected chi connectivity index (χ4v) is 0.657. The largest absolute Gasteiger partial charge is 0.276 e. The fourth-order valence-electron chi connectivity index (χ4n) is 0.657. The number of rotatable bonds is 1. The van der Waals surface area contributed by atoms with Gasteiger partial charge >= 0.3 is 0 Å². The van der Waals surface area contributed by atoms with Crippen LogP contribution >= 0.6 is 0 Å². The van der Waals surface area contributed by atoms with E-state index in [-0.39, 0.29) is 5.91 Å². The Kier molecular flexibility index (Phi) is 1.95. The lowest BCUT2D eigenvalue weighted by Gasteiger charge is -1.96. The van der Waals surface area contributed by atoms with Gasteiger partial charge in [-0.25, -0.2) is 4.99 Å². The van der Waals surface area contributed by atoms with E-state index in [1.807, 2.05) is 0 Å². The van der Waals surface area contributed by atoms with Gasteiger partial charge in [-0.15, -0.1) is 0 Å². The molecule has 0 saturated heterocycles. The molecule has 0 saturated carbocycles. The predicted octanol–water partition coefficient (Wildman–Crippen LogP) is 1.27. The summed E-state index contributed by atoms with van der Waals surface area (Å²) in [6, 6.07) is 0. The van der Waals surface area contributed by atoms with Gasteiger partial charge in [0.15, 0.2) is 0 Å². The first kappa shape index (κ1) is 6.68. The Morgan fingerprint density at radius 1 is 1.60 bits per heavy atom. The molecule has 0 unspecified atom stereocenters. The molecule has 0 radical (unpaired) electrons. The molecule has 0 fully saturated rings. The van der Waals surface area contributed by atoms with E-state index in [0.717, 1.165) is 0 Å². The minimum absolute atomic E-state index is 0.206. The number of carbonyl (C=O) groups excluding carboxylic acids is 1. The molecule has 0 N–H and O–H groups in total. The molecule has 10 heavy (non-hydrogen) atoms. The van der Waals surface area contributed by atoms with Gasteiger partial charge in [0.25, 0.3) is 5.91 Å². The van der Waals surface area contributed by atoms with Crippen LogP contribution < -0.4 is 0 Å². The fraction of sp³-hybridized carbons (Fsp3) is 0. The summed E-state index contributed by atoms with van der Waals surface area (Å²) >= 11 is 0. The second-order valence-electron chi connectivity index (χ2n) is 1.80. The third-order valence-corrected chi connectivity index (χ3v) is 1.10. The first-order valence-electron chi connectivity index (χ1n) is 2.92. The normalized spacial score (nSPS) is 20.0. The lowest BCUT2D eigenvalue weighted by atomic mass is 10.2. The average molecular weight is 133 g/mol. The minimum atomic E-state index is -0.206. The van der Waals surface area contributed by atoms with Crippen LogP contribution in [0.4, 0.5) is 0 Å². The molecule has 0 aromatic rings. The molecule has 1 aliphatic heterocycles. The molecule has 2 nitrogen and oxygen atoms in total. The Morgan fingerprint density at radius 3 is 3.00 bits per heavy atom. The number of hydrogen-bond donors (Lipinski definition) is 0. The van der Waals surface area contributed by atoms with E-state index >= 15 is 0 Å². The molecule has 50 valence electrons. The standard InChI is InChI=1S/C8H7NO/c1-2-4-7-5-3-6-9-8(7)10/h2-6H,1H2/b7-4+. The van der Waals surface area contributed by atoms with Crippen molar-refractivity contribution in [3.05, 3.63) is 36.5 Å². The number of allylic oxidation sites excluding steroid dienone is 3. The van der Waals surface area contributed by atoms with Crippen LogP contribution in [0.25, 0.3) is 0 Å². The highest BCUT2D eigenvalue weighted by molar-refractivity contribution is 6.05. The SMILES string of the molecule is C=C/C=C1\C=CC=NC1=O. The van der Waals surface area contributed by atoms with E-state index in [1.165, 1.54) is 6.21 Å². The molecule has 0 atom stereocenters. The van der Waals surface area contributed by atoms with E-state index in [9.17, 15) is 4.79 Å². The Labute approximate surface area is 59.3 Å². The second-order valence-corrected chi connectivity index (χ2v) is 1.80. The summed E-state index contributed by atoms with van der Waals surface area (Å²) in [5.41, 5.74) is 0.581. The van der Waals surface area contributed by atoms with Gasteiger partial charge in [0, 0.05) is 11.8 Å². The molecular formula is C8H7NO. The minimum Gasteiger partial charge on any atom is -0.267 e. The molecule has 0 spiro atoms. The lowest BCUT2D eigenvalue weighted by Crippen LogP contribution is -1.99. The predicted molar refractivity (Wildman–Crippen MR) is 40.9 cm³/mol. The highest BCUT2D eigenvalue weighted by Gasteiger charge is 2.03. The summed E-state index contributed by atoms with van der Waals surface area (Å²) in [6.45, 7) is 3.47. The molecule has 0 aliphatic carbocycles. The first-order valence-corrected chi connectivity index (χ1v) is 2.92. The Morgan fingerprint density at radius 2 is 2.40 bits per heavy atom. The average Bonchev–Trinajstić information content (AvgIpc) is 1.94. The van der Waals surface area contributed by atoms with E-state index in [2.05, 4.69) is 11.6 Å². The monoisotopic (exact) mass is 133 g/mol. The number of hydrogen-bond acceptors (Lipinski definition) is 1. The van der Waals surface area contributed by atoms with Crippen molar-refractivity contribution in [1.82, 2.24) is 0 Å². The molecule has 0 bridgehead atoms. The van der Waals surface area contributed by atoms with Crippen molar-refractivity contribution in [2.75, 3.05) is 0 Å². The van der Waals surface area contributed by atoms with Crippen LogP contribution in [0, 0.1) is 0 Å². The number of nitrogens with zero attached hydrogens (tertiary/aromatic N) is 1. The summed E-state index contributed by atoms with van der Waals surface area (Å²) in [6.07, 6.45) is 8.10. The summed E-state index contributed by atoms with van der Waals surface area (Å²) in [5.74, 6) is -0.206. The topological polar surface area (TPSA) is 29.4 Å². The Bertz CT molecular complexity index is 246. The van der Waals surface area contributed by atoms with Crippen LogP contribution in [-0.4, -0.2) is 12.1 Å². The lowest BCUT2D eigenvalue weighted by molar-refractivity contribution is -0.114. The molecule has 0 aromatic carbocycles.